The zero-order chi connectivity index (χ0) is 13.6. The van der Waals surface area contributed by atoms with E-state index in [0.717, 1.165) is 18.7 Å². The predicted octanol–water partition coefficient (Wildman–Crippen LogP) is 3.65. The number of hydrogen-bond acceptors (Lipinski definition) is 2. The van der Waals surface area contributed by atoms with E-state index in [-0.39, 0.29) is 0 Å². The second-order valence-electron chi connectivity index (χ2n) is 6.18. The van der Waals surface area contributed by atoms with Gasteiger partial charge in [0.1, 0.15) is 5.75 Å². The molecule has 18 heavy (non-hydrogen) atoms. The largest absolute Gasteiger partial charge is 0.496 e. The van der Waals surface area contributed by atoms with E-state index in [2.05, 4.69) is 45.1 Å². The highest BCUT2D eigenvalue weighted by Crippen LogP contribution is 2.20. The minimum atomic E-state index is 0.400. The summed E-state index contributed by atoms with van der Waals surface area (Å²) >= 11 is 0. The Labute approximate surface area is 112 Å². The number of methoxy groups -OCH3 is 1. The molecular formula is C16H27NO. The summed E-state index contributed by atoms with van der Waals surface area (Å²) in [7, 11) is 1.73. The Kier molecular flexibility index (Phi) is 5.67. The van der Waals surface area contributed by atoms with Gasteiger partial charge in [0.15, 0.2) is 0 Å². The van der Waals surface area contributed by atoms with E-state index >= 15 is 0 Å². The zero-order valence-corrected chi connectivity index (χ0v) is 12.4. The monoisotopic (exact) mass is 249 g/mol. The molecule has 0 spiro atoms. The van der Waals surface area contributed by atoms with Crippen molar-refractivity contribution in [3.63, 3.8) is 0 Å². The Morgan fingerprint density at radius 3 is 2.50 bits per heavy atom. The lowest BCUT2D eigenvalue weighted by Gasteiger charge is -2.21. The molecule has 1 aromatic carbocycles. The molecule has 2 heteroatoms. The summed E-state index contributed by atoms with van der Waals surface area (Å²) in [6.07, 6.45) is 2.21. The first-order valence-electron chi connectivity index (χ1n) is 6.77. The third-order valence-electron chi connectivity index (χ3n) is 3.09. The maximum Gasteiger partial charge on any atom is 0.122 e. The lowest BCUT2D eigenvalue weighted by atomic mass is 9.92. The highest BCUT2D eigenvalue weighted by molar-refractivity contribution is 5.33. The van der Waals surface area contributed by atoms with E-state index in [4.69, 9.17) is 4.74 Å². The van der Waals surface area contributed by atoms with Crippen LogP contribution in [0.4, 0.5) is 0 Å². The van der Waals surface area contributed by atoms with Gasteiger partial charge in [0.05, 0.1) is 7.11 Å². The Bertz CT molecular complexity index is 354. The number of para-hydroxylation sites is 1. The molecule has 1 atom stereocenters. The highest BCUT2D eigenvalue weighted by atomic mass is 16.5. The van der Waals surface area contributed by atoms with E-state index in [1.54, 1.807) is 7.11 Å². The van der Waals surface area contributed by atoms with Crippen LogP contribution in [-0.2, 0) is 6.42 Å². The second kappa shape index (κ2) is 6.79. The van der Waals surface area contributed by atoms with Crippen molar-refractivity contribution in [2.75, 3.05) is 13.7 Å². The fourth-order valence-electron chi connectivity index (χ4n) is 1.97. The van der Waals surface area contributed by atoms with E-state index in [1.165, 1.54) is 12.0 Å². The van der Waals surface area contributed by atoms with Crippen LogP contribution in [-0.4, -0.2) is 19.7 Å². The molecule has 0 aromatic heterocycles. The molecule has 0 radical (unpaired) electrons. The fourth-order valence-corrected chi connectivity index (χ4v) is 1.97. The third-order valence-corrected chi connectivity index (χ3v) is 3.09. The van der Waals surface area contributed by atoms with Crippen LogP contribution in [0.1, 0.15) is 39.7 Å². The van der Waals surface area contributed by atoms with Gasteiger partial charge in [0, 0.05) is 6.04 Å². The first kappa shape index (κ1) is 15.0. The first-order valence-corrected chi connectivity index (χ1v) is 6.77. The number of ether oxygens (including phenoxy) is 1. The van der Waals surface area contributed by atoms with Crippen LogP contribution >= 0.6 is 0 Å². The minimum Gasteiger partial charge on any atom is -0.496 e. The third kappa shape index (κ3) is 5.54. The standard InChI is InChI=1S/C16H27NO/c1-13(17-11-10-16(2,3)4)12-14-8-6-7-9-15(14)18-5/h6-9,13,17H,10-12H2,1-5H3. The molecule has 1 N–H and O–H groups in total. The SMILES string of the molecule is COc1ccccc1CC(C)NCCC(C)(C)C. The van der Waals surface area contributed by atoms with E-state index in [1.807, 2.05) is 12.1 Å². The van der Waals surface area contributed by atoms with Gasteiger partial charge >= 0.3 is 0 Å². The molecule has 0 saturated carbocycles. The fraction of sp³-hybridized carbons (Fsp3) is 0.625. The average Bonchev–Trinajstić information content (AvgIpc) is 2.28. The molecule has 0 heterocycles. The number of nitrogens with one attached hydrogen (secondary N) is 1. The molecule has 0 bridgehead atoms. The van der Waals surface area contributed by atoms with Crippen LogP contribution in [0.15, 0.2) is 24.3 Å². The summed E-state index contributed by atoms with van der Waals surface area (Å²) in [4.78, 5) is 0. The molecule has 102 valence electrons. The second-order valence-corrected chi connectivity index (χ2v) is 6.18. The van der Waals surface area contributed by atoms with Crippen LogP contribution in [0, 0.1) is 5.41 Å². The van der Waals surface area contributed by atoms with Gasteiger partial charge in [-0.15, -0.1) is 0 Å². The summed E-state index contributed by atoms with van der Waals surface area (Å²) in [5.74, 6) is 0.988. The lowest BCUT2D eigenvalue weighted by Crippen LogP contribution is -2.31. The van der Waals surface area contributed by atoms with Crippen molar-refractivity contribution in [3.05, 3.63) is 29.8 Å². The van der Waals surface area contributed by atoms with Gasteiger partial charge in [0.25, 0.3) is 0 Å². The molecule has 1 unspecified atom stereocenters. The molecule has 0 fully saturated rings. The number of benzene rings is 1. The Hall–Kier alpha value is -1.02. The molecule has 0 amide bonds. The summed E-state index contributed by atoms with van der Waals surface area (Å²) in [6, 6.07) is 8.72. The van der Waals surface area contributed by atoms with Gasteiger partial charge in [-0.25, -0.2) is 0 Å². The Morgan fingerprint density at radius 2 is 1.89 bits per heavy atom. The lowest BCUT2D eigenvalue weighted by molar-refractivity contribution is 0.355. The van der Waals surface area contributed by atoms with Crippen molar-refractivity contribution < 1.29 is 4.74 Å². The molecule has 0 saturated heterocycles. The molecule has 0 aliphatic heterocycles. The normalized spacial score (nSPS) is 13.4. The molecule has 2 nitrogen and oxygen atoms in total. The minimum absolute atomic E-state index is 0.400. The summed E-state index contributed by atoms with van der Waals surface area (Å²) in [6.45, 7) is 10.1. The quantitative estimate of drug-likeness (QED) is 0.831. The molecule has 1 aromatic rings. The van der Waals surface area contributed by atoms with Crippen molar-refractivity contribution in [1.29, 1.82) is 0 Å². The van der Waals surface area contributed by atoms with Crippen molar-refractivity contribution in [2.24, 2.45) is 5.41 Å². The maximum absolute atomic E-state index is 5.38. The van der Waals surface area contributed by atoms with E-state index in [9.17, 15) is 0 Å². The molecule has 1 rings (SSSR count). The van der Waals surface area contributed by atoms with Crippen molar-refractivity contribution in [1.82, 2.24) is 5.32 Å². The van der Waals surface area contributed by atoms with Gasteiger partial charge in [-0.05, 0) is 43.4 Å². The first-order chi connectivity index (χ1) is 8.42. The predicted molar refractivity (Wildman–Crippen MR) is 78.2 cm³/mol. The van der Waals surface area contributed by atoms with E-state index < -0.39 is 0 Å². The van der Waals surface area contributed by atoms with Gasteiger partial charge in [-0.3, -0.25) is 0 Å². The van der Waals surface area contributed by atoms with Crippen LogP contribution in [0.3, 0.4) is 0 Å². The molecular weight excluding hydrogens is 222 g/mol. The summed E-state index contributed by atoms with van der Waals surface area (Å²) in [5, 5.41) is 3.58. The Balaban J connectivity index is 2.42. The van der Waals surface area contributed by atoms with E-state index in [0.29, 0.717) is 11.5 Å². The maximum atomic E-state index is 5.38. The van der Waals surface area contributed by atoms with Crippen LogP contribution in [0.25, 0.3) is 0 Å². The number of hydrogen-bond donors (Lipinski definition) is 1. The van der Waals surface area contributed by atoms with Crippen LogP contribution < -0.4 is 10.1 Å². The van der Waals surface area contributed by atoms with Gasteiger partial charge in [-0.1, -0.05) is 39.0 Å². The highest BCUT2D eigenvalue weighted by Gasteiger charge is 2.11. The van der Waals surface area contributed by atoms with Crippen LogP contribution in [0.2, 0.25) is 0 Å². The van der Waals surface area contributed by atoms with Crippen molar-refractivity contribution >= 4 is 0 Å². The molecule has 0 aliphatic rings. The van der Waals surface area contributed by atoms with Crippen molar-refractivity contribution in [2.45, 2.75) is 46.6 Å². The topological polar surface area (TPSA) is 21.3 Å². The van der Waals surface area contributed by atoms with Gasteiger partial charge < -0.3 is 10.1 Å². The Morgan fingerprint density at radius 1 is 1.22 bits per heavy atom. The van der Waals surface area contributed by atoms with Crippen molar-refractivity contribution in [3.8, 4) is 5.75 Å². The zero-order valence-electron chi connectivity index (χ0n) is 12.4. The van der Waals surface area contributed by atoms with Crippen LogP contribution in [0.5, 0.6) is 5.75 Å². The van der Waals surface area contributed by atoms with Gasteiger partial charge in [0.2, 0.25) is 0 Å². The molecule has 0 aliphatic carbocycles. The summed E-state index contributed by atoms with van der Waals surface area (Å²) in [5.41, 5.74) is 1.67. The summed E-state index contributed by atoms with van der Waals surface area (Å²) < 4.78 is 5.38. The average molecular weight is 249 g/mol. The number of rotatable bonds is 6. The van der Waals surface area contributed by atoms with Gasteiger partial charge in [-0.2, -0.15) is 0 Å². The smallest absolute Gasteiger partial charge is 0.122 e.